The van der Waals surface area contributed by atoms with E-state index in [2.05, 4.69) is 212 Å². The van der Waals surface area contributed by atoms with Gasteiger partial charge in [-0.3, -0.25) is 0 Å². The molecule has 0 saturated carbocycles. The molecule has 0 aliphatic heterocycles. The van der Waals surface area contributed by atoms with Crippen LogP contribution in [0.3, 0.4) is 0 Å². The molecule has 0 N–H and O–H groups in total. The van der Waals surface area contributed by atoms with Crippen LogP contribution in [0.15, 0.2) is 133 Å². The van der Waals surface area contributed by atoms with Crippen molar-refractivity contribution in [2.75, 3.05) is 23.0 Å². The Kier molecular flexibility index (Phi) is 12.6. The summed E-state index contributed by atoms with van der Waals surface area (Å²) in [5.74, 6) is 1.73. The van der Waals surface area contributed by atoms with E-state index in [1.54, 1.807) is 0 Å². The standard InChI is InChI=1S/C56H64N2O2/c1-11-13-35-59-47-31-33-49-51(37-47)53(57(43-23-15-39(3)16-24-43)45-27-19-41(20-28-45)55(5,6)7)50-34-32-48(60-36-14-12-2)38-52(50)54(49)58(44-25-17-40(4)18-26-44)46-29-21-42(22-30-46)56(8,9)10/h15-34,37-38H,11-14,35-36H2,1-10H3. The smallest absolute Gasteiger partial charge is 0.120 e. The number of rotatable bonds is 14. The number of hydrogen-bond donors (Lipinski definition) is 0. The maximum atomic E-state index is 6.53. The first kappa shape index (κ1) is 42.4. The molecule has 60 heavy (non-hydrogen) atoms. The highest BCUT2D eigenvalue weighted by atomic mass is 16.5. The zero-order valence-corrected chi connectivity index (χ0v) is 37.7. The zero-order valence-electron chi connectivity index (χ0n) is 37.7. The molecule has 0 aliphatic rings. The van der Waals surface area contributed by atoms with E-state index in [1.165, 1.54) is 22.3 Å². The van der Waals surface area contributed by atoms with E-state index in [1.807, 2.05) is 0 Å². The molecule has 7 aromatic rings. The maximum Gasteiger partial charge on any atom is 0.120 e. The van der Waals surface area contributed by atoms with E-state index < -0.39 is 0 Å². The van der Waals surface area contributed by atoms with E-state index in [-0.39, 0.29) is 10.8 Å². The molecule has 0 radical (unpaired) electrons. The van der Waals surface area contributed by atoms with E-state index in [0.717, 1.165) is 92.9 Å². The van der Waals surface area contributed by atoms with Crippen LogP contribution in [-0.4, -0.2) is 13.2 Å². The number of ether oxygens (including phenoxy) is 2. The van der Waals surface area contributed by atoms with Gasteiger partial charge in [0.05, 0.1) is 24.6 Å². The molecular weight excluding hydrogens is 733 g/mol. The van der Waals surface area contributed by atoms with E-state index >= 15 is 0 Å². The number of unbranched alkanes of at least 4 members (excludes halogenated alkanes) is 2. The Hall–Kier alpha value is -5.74. The third-order valence-electron chi connectivity index (χ3n) is 11.6. The minimum Gasteiger partial charge on any atom is -0.494 e. The summed E-state index contributed by atoms with van der Waals surface area (Å²) in [6.07, 6.45) is 4.13. The van der Waals surface area contributed by atoms with Gasteiger partial charge in [0.2, 0.25) is 0 Å². The summed E-state index contributed by atoms with van der Waals surface area (Å²) in [6, 6.07) is 49.5. The zero-order chi connectivity index (χ0) is 42.6. The van der Waals surface area contributed by atoms with Crippen LogP contribution < -0.4 is 19.3 Å². The monoisotopic (exact) mass is 796 g/mol. The molecule has 4 nitrogen and oxygen atoms in total. The number of aryl methyl sites for hydroxylation is 2. The third-order valence-corrected chi connectivity index (χ3v) is 11.6. The lowest BCUT2D eigenvalue weighted by molar-refractivity contribution is 0.309. The van der Waals surface area contributed by atoms with Crippen molar-refractivity contribution in [3.63, 3.8) is 0 Å². The second-order valence-corrected chi connectivity index (χ2v) is 18.5. The Bertz CT molecular complexity index is 2340. The van der Waals surface area contributed by atoms with Crippen LogP contribution in [0, 0.1) is 13.8 Å². The molecule has 0 fully saturated rings. The predicted octanol–water partition coefficient (Wildman–Crippen LogP) is 16.5. The van der Waals surface area contributed by atoms with Crippen molar-refractivity contribution in [2.24, 2.45) is 0 Å². The van der Waals surface area contributed by atoms with Crippen LogP contribution in [0.4, 0.5) is 34.1 Å². The molecule has 0 aliphatic carbocycles. The molecule has 0 aromatic heterocycles. The Labute approximate surface area is 359 Å². The summed E-state index contributed by atoms with van der Waals surface area (Å²) in [7, 11) is 0. The SMILES string of the molecule is CCCCOc1ccc2c(N(c3ccc(C)cc3)c3ccc(C(C)(C)C)cc3)c3cc(OCCCC)ccc3c(N(c3ccc(C)cc3)c3ccc(C(C)(C)C)cc3)c2c1. The fourth-order valence-electron chi connectivity index (χ4n) is 7.90. The first-order valence-electron chi connectivity index (χ1n) is 22.0. The Morgan fingerprint density at radius 1 is 0.400 bits per heavy atom. The molecule has 0 atom stereocenters. The van der Waals surface area contributed by atoms with Crippen LogP contribution in [0.5, 0.6) is 11.5 Å². The molecule has 0 bridgehead atoms. The molecule has 7 aromatic carbocycles. The van der Waals surface area contributed by atoms with Gasteiger partial charge >= 0.3 is 0 Å². The average molecular weight is 797 g/mol. The number of benzene rings is 7. The van der Waals surface area contributed by atoms with Gasteiger partial charge in [-0.25, -0.2) is 0 Å². The van der Waals surface area contributed by atoms with Gasteiger partial charge in [0.25, 0.3) is 0 Å². The summed E-state index contributed by atoms with van der Waals surface area (Å²) < 4.78 is 13.1. The van der Waals surface area contributed by atoms with Crippen molar-refractivity contribution in [1.82, 2.24) is 0 Å². The number of nitrogens with zero attached hydrogens (tertiary/aromatic N) is 2. The summed E-state index contributed by atoms with van der Waals surface area (Å²) in [4.78, 5) is 4.89. The van der Waals surface area contributed by atoms with Crippen molar-refractivity contribution in [1.29, 1.82) is 0 Å². The first-order chi connectivity index (χ1) is 28.8. The van der Waals surface area contributed by atoms with E-state index in [4.69, 9.17) is 9.47 Å². The highest BCUT2D eigenvalue weighted by Crippen LogP contribution is 2.52. The Balaban J connectivity index is 1.62. The average Bonchev–Trinajstić information content (AvgIpc) is 3.23. The van der Waals surface area contributed by atoms with Crippen LogP contribution in [0.1, 0.15) is 103 Å². The van der Waals surface area contributed by atoms with Gasteiger partial charge in [0.1, 0.15) is 11.5 Å². The molecule has 4 heteroatoms. The van der Waals surface area contributed by atoms with Crippen LogP contribution in [-0.2, 0) is 10.8 Å². The third kappa shape index (κ3) is 9.19. The quantitative estimate of drug-likeness (QED) is 0.0622. The Morgan fingerprint density at radius 2 is 0.717 bits per heavy atom. The second-order valence-electron chi connectivity index (χ2n) is 18.5. The van der Waals surface area contributed by atoms with Gasteiger partial charge in [0, 0.05) is 44.3 Å². The van der Waals surface area contributed by atoms with E-state index in [0.29, 0.717) is 13.2 Å². The predicted molar refractivity (Wildman–Crippen MR) is 258 cm³/mol. The Morgan fingerprint density at radius 3 is 1.02 bits per heavy atom. The number of fused-ring (bicyclic) bond motifs is 2. The van der Waals surface area contributed by atoms with Gasteiger partial charge in [0.15, 0.2) is 0 Å². The van der Waals surface area contributed by atoms with Crippen LogP contribution >= 0.6 is 0 Å². The fourth-order valence-corrected chi connectivity index (χ4v) is 7.90. The maximum absolute atomic E-state index is 6.53. The van der Waals surface area contributed by atoms with Gasteiger partial charge in [-0.15, -0.1) is 0 Å². The van der Waals surface area contributed by atoms with Crippen molar-refractivity contribution in [2.45, 2.75) is 106 Å². The van der Waals surface area contributed by atoms with E-state index in [9.17, 15) is 0 Å². The molecule has 310 valence electrons. The summed E-state index contributed by atoms with van der Waals surface area (Å²) in [5, 5.41) is 4.45. The van der Waals surface area contributed by atoms with Gasteiger partial charge < -0.3 is 19.3 Å². The summed E-state index contributed by atoms with van der Waals surface area (Å²) in [6.45, 7) is 23.7. The van der Waals surface area contributed by atoms with Crippen LogP contribution in [0.2, 0.25) is 0 Å². The van der Waals surface area contributed by atoms with Crippen molar-refractivity contribution in [3.05, 3.63) is 156 Å². The first-order valence-corrected chi connectivity index (χ1v) is 22.0. The lowest BCUT2D eigenvalue weighted by Crippen LogP contribution is -2.16. The van der Waals surface area contributed by atoms with Crippen molar-refractivity contribution >= 4 is 55.7 Å². The topological polar surface area (TPSA) is 24.9 Å². The summed E-state index contributed by atoms with van der Waals surface area (Å²) >= 11 is 0. The van der Waals surface area contributed by atoms with Gasteiger partial charge in [-0.2, -0.15) is 0 Å². The summed E-state index contributed by atoms with van der Waals surface area (Å²) in [5.41, 5.74) is 11.7. The van der Waals surface area contributed by atoms with Crippen molar-refractivity contribution in [3.8, 4) is 11.5 Å². The lowest BCUT2D eigenvalue weighted by Gasteiger charge is -2.33. The molecule has 7 rings (SSSR count). The molecule has 0 spiro atoms. The minimum absolute atomic E-state index is 0.0255. The minimum atomic E-state index is 0.0255. The molecular formula is C56H64N2O2. The highest BCUT2D eigenvalue weighted by Gasteiger charge is 2.27. The van der Waals surface area contributed by atoms with Crippen molar-refractivity contribution < 1.29 is 9.47 Å². The second kappa shape index (κ2) is 17.9. The normalized spacial score (nSPS) is 11.9. The molecule has 0 saturated heterocycles. The van der Waals surface area contributed by atoms with Crippen LogP contribution in [0.25, 0.3) is 21.5 Å². The molecule has 0 heterocycles. The van der Waals surface area contributed by atoms with Gasteiger partial charge in [-0.05, 0) is 134 Å². The molecule has 0 unspecified atom stereocenters. The van der Waals surface area contributed by atoms with Gasteiger partial charge in [-0.1, -0.05) is 128 Å². The number of hydrogen-bond acceptors (Lipinski definition) is 4. The highest BCUT2D eigenvalue weighted by molar-refractivity contribution is 6.23. The fraction of sp³-hybridized carbons (Fsp3) is 0.321. The lowest BCUT2D eigenvalue weighted by atomic mass is 9.87. The molecule has 0 amide bonds. The number of anilines is 6. The largest absolute Gasteiger partial charge is 0.494 e.